The fourth-order valence-corrected chi connectivity index (χ4v) is 0.817. The summed E-state index contributed by atoms with van der Waals surface area (Å²) in [6.45, 7) is 0.293. The second-order valence-corrected chi connectivity index (χ2v) is 2.52. The predicted octanol–water partition coefficient (Wildman–Crippen LogP) is 1.48. The molecule has 1 aromatic rings. The number of alkyl halides is 3. The SMILES string of the molecule is COCCc1nc[c]c(C(F)(F)F)n1. The monoisotopic (exact) mass is 205 g/mol. The van der Waals surface area contributed by atoms with Crippen LogP contribution in [0.1, 0.15) is 11.5 Å². The minimum Gasteiger partial charge on any atom is -0.384 e. The summed E-state index contributed by atoms with van der Waals surface area (Å²) in [6.07, 6.45) is -3.24. The first kappa shape index (κ1) is 10.9. The van der Waals surface area contributed by atoms with Crippen LogP contribution in [0.4, 0.5) is 13.2 Å². The van der Waals surface area contributed by atoms with Crippen molar-refractivity contribution >= 4 is 0 Å². The highest BCUT2D eigenvalue weighted by Gasteiger charge is 2.32. The first-order valence-corrected chi connectivity index (χ1v) is 3.84. The zero-order chi connectivity index (χ0) is 10.6. The average Bonchev–Trinajstić information content (AvgIpc) is 2.14. The van der Waals surface area contributed by atoms with Crippen LogP contribution in [-0.2, 0) is 17.3 Å². The number of methoxy groups -OCH3 is 1. The van der Waals surface area contributed by atoms with Crippen molar-refractivity contribution in [3.63, 3.8) is 0 Å². The molecule has 0 N–H and O–H groups in total. The van der Waals surface area contributed by atoms with E-state index in [0.29, 0.717) is 6.61 Å². The van der Waals surface area contributed by atoms with Crippen LogP contribution >= 0.6 is 0 Å². The Morgan fingerprint density at radius 3 is 2.79 bits per heavy atom. The molecule has 1 aromatic heterocycles. The summed E-state index contributed by atoms with van der Waals surface area (Å²) in [5.74, 6) is 0.109. The van der Waals surface area contributed by atoms with E-state index in [1.54, 1.807) is 0 Å². The Kier molecular flexibility index (Phi) is 3.40. The molecule has 0 aliphatic rings. The summed E-state index contributed by atoms with van der Waals surface area (Å²) in [5.41, 5.74) is -1.04. The Morgan fingerprint density at radius 1 is 1.50 bits per heavy atom. The van der Waals surface area contributed by atoms with Crippen molar-refractivity contribution in [3.05, 3.63) is 23.8 Å². The average molecular weight is 205 g/mol. The molecule has 1 radical (unpaired) electrons. The van der Waals surface area contributed by atoms with Gasteiger partial charge in [-0.2, -0.15) is 13.2 Å². The normalized spacial score (nSPS) is 11.7. The maximum atomic E-state index is 12.1. The molecule has 0 fully saturated rings. The molecule has 1 heterocycles. The van der Waals surface area contributed by atoms with Gasteiger partial charge in [-0.05, 0) is 0 Å². The van der Waals surface area contributed by atoms with Crippen molar-refractivity contribution in [1.29, 1.82) is 0 Å². The van der Waals surface area contributed by atoms with E-state index < -0.39 is 11.9 Å². The van der Waals surface area contributed by atoms with Crippen molar-refractivity contribution in [2.75, 3.05) is 13.7 Å². The Hall–Kier alpha value is -1.17. The van der Waals surface area contributed by atoms with Crippen LogP contribution < -0.4 is 0 Å². The lowest BCUT2D eigenvalue weighted by molar-refractivity contribution is -0.141. The highest BCUT2D eigenvalue weighted by Crippen LogP contribution is 2.26. The number of hydrogen-bond acceptors (Lipinski definition) is 3. The van der Waals surface area contributed by atoms with Gasteiger partial charge in [0.1, 0.15) is 5.82 Å². The van der Waals surface area contributed by atoms with Gasteiger partial charge in [0.25, 0.3) is 0 Å². The van der Waals surface area contributed by atoms with E-state index in [-0.39, 0.29) is 12.2 Å². The van der Waals surface area contributed by atoms with Gasteiger partial charge in [-0.1, -0.05) is 0 Å². The lowest BCUT2D eigenvalue weighted by Gasteiger charge is -2.05. The van der Waals surface area contributed by atoms with E-state index in [4.69, 9.17) is 4.74 Å². The summed E-state index contributed by atoms with van der Waals surface area (Å²) in [4.78, 5) is 6.95. The quantitative estimate of drug-likeness (QED) is 0.749. The van der Waals surface area contributed by atoms with Crippen molar-refractivity contribution in [2.24, 2.45) is 0 Å². The molecular formula is C8H8F3N2O. The molecule has 0 amide bonds. The molecule has 0 saturated carbocycles. The fraction of sp³-hybridized carbons (Fsp3) is 0.500. The first-order valence-electron chi connectivity index (χ1n) is 3.84. The van der Waals surface area contributed by atoms with Crippen molar-refractivity contribution in [2.45, 2.75) is 12.6 Å². The number of nitrogens with zero attached hydrogens (tertiary/aromatic N) is 2. The van der Waals surface area contributed by atoms with E-state index in [1.165, 1.54) is 7.11 Å². The summed E-state index contributed by atoms with van der Waals surface area (Å²) >= 11 is 0. The van der Waals surface area contributed by atoms with Gasteiger partial charge in [-0.3, -0.25) is 0 Å². The van der Waals surface area contributed by atoms with Crippen molar-refractivity contribution in [3.8, 4) is 0 Å². The molecule has 1 rings (SSSR count). The highest BCUT2D eigenvalue weighted by molar-refractivity contribution is 5.04. The van der Waals surface area contributed by atoms with Gasteiger partial charge >= 0.3 is 6.18 Å². The Labute approximate surface area is 78.9 Å². The topological polar surface area (TPSA) is 35.0 Å². The molecule has 14 heavy (non-hydrogen) atoms. The van der Waals surface area contributed by atoms with Gasteiger partial charge in [0.2, 0.25) is 0 Å². The third kappa shape index (κ3) is 2.95. The second-order valence-electron chi connectivity index (χ2n) is 2.52. The van der Waals surface area contributed by atoms with Gasteiger partial charge in [-0.15, -0.1) is 0 Å². The summed E-state index contributed by atoms with van der Waals surface area (Å²) in [6, 6.07) is 1.94. The number of aromatic nitrogens is 2. The second kappa shape index (κ2) is 4.36. The molecule has 3 nitrogen and oxygen atoms in total. The Balaban J connectivity index is 2.79. The van der Waals surface area contributed by atoms with Gasteiger partial charge in [-0.25, -0.2) is 9.97 Å². The van der Waals surface area contributed by atoms with Crippen LogP contribution in [0.3, 0.4) is 0 Å². The maximum Gasteiger partial charge on any atom is 0.434 e. The Morgan fingerprint density at radius 2 is 2.21 bits per heavy atom. The van der Waals surface area contributed by atoms with Gasteiger partial charge in [0.05, 0.1) is 6.61 Å². The predicted molar refractivity (Wildman–Crippen MR) is 41.5 cm³/mol. The summed E-state index contributed by atoms with van der Waals surface area (Å²) < 4.78 is 41.1. The van der Waals surface area contributed by atoms with Crippen molar-refractivity contribution in [1.82, 2.24) is 9.97 Å². The molecule has 0 aliphatic heterocycles. The van der Waals surface area contributed by atoms with E-state index in [9.17, 15) is 13.2 Å². The van der Waals surface area contributed by atoms with Crippen molar-refractivity contribution < 1.29 is 17.9 Å². The van der Waals surface area contributed by atoms with Crippen LogP contribution in [0.25, 0.3) is 0 Å². The largest absolute Gasteiger partial charge is 0.434 e. The zero-order valence-corrected chi connectivity index (χ0v) is 7.43. The van der Waals surface area contributed by atoms with Crippen LogP contribution in [0.15, 0.2) is 6.20 Å². The number of halogens is 3. The van der Waals surface area contributed by atoms with Gasteiger partial charge < -0.3 is 4.74 Å². The number of hydrogen-bond donors (Lipinski definition) is 0. The summed E-state index contributed by atoms with van der Waals surface area (Å²) in [5, 5.41) is 0. The molecular weight excluding hydrogens is 197 g/mol. The standard InChI is InChI=1S/C8H8F3N2O/c1-14-5-3-7-12-4-2-6(13-7)8(9,10)11/h4H,3,5H2,1H3. The van der Waals surface area contributed by atoms with Gasteiger partial charge in [0, 0.05) is 25.8 Å². The van der Waals surface area contributed by atoms with Gasteiger partial charge in [0.15, 0.2) is 5.69 Å². The zero-order valence-electron chi connectivity index (χ0n) is 7.43. The third-order valence-electron chi connectivity index (χ3n) is 1.45. The third-order valence-corrected chi connectivity index (χ3v) is 1.45. The van der Waals surface area contributed by atoms with E-state index >= 15 is 0 Å². The van der Waals surface area contributed by atoms with E-state index in [0.717, 1.165) is 6.20 Å². The van der Waals surface area contributed by atoms with Crippen LogP contribution in [0.2, 0.25) is 0 Å². The number of rotatable bonds is 3. The highest BCUT2D eigenvalue weighted by atomic mass is 19.4. The molecule has 0 saturated heterocycles. The molecule has 0 spiro atoms. The van der Waals surface area contributed by atoms with Crippen LogP contribution in [-0.4, -0.2) is 23.7 Å². The number of ether oxygens (including phenoxy) is 1. The fourth-order valence-electron chi connectivity index (χ4n) is 0.817. The molecule has 0 unspecified atom stereocenters. The summed E-state index contributed by atoms with van der Waals surface area (Å²) in [7, 11) is 1.46. The lowest BCUT2D eigenvalue weighted by atomic mass is 10.3. The van der Waals surface area contributed by atoms with Crippen LogP contribution in [0.5, 0.6) is 0 Å². The lowest BCUT2D eigenvalue weighted by Crippen LogP contribution is -2.11. The molecule has 0 bridgehead atoms. The molecule has 6 heteroatoms. The molecule has 0 aromatic carbocycles. The molecule has 77 valence electrons. The van der Waals surface area contributed by atoms with E-state index in [2.05, 4.69) is 9.97 Å². The molecule has 0 atom stereocenters. The minimum absolute atomic E-state index is 0.109. The Bertz CT molecular complexity index is 301. The smallest absolute Gasteiger partial charge is 0.384 e. The van der Waals surface area contributed by atoms with E-state index in [1.807, 2.05) is 6.07 Å². The molecule has 0 aliphatic carbocycles. The van der Waals surface area contributed by atoms with Crippen LogP contribution in [0, 0.1) is 6.07 Å². The maximum absolute atomic E-state index is 12.1. The minimum atomic E-state index is -4.47. The first-order chi connectivity index (χ1) is 6.54.